The third-order valence-electron chi connectivity index (χ3n) is 3.72. The highest BCUT2D eigenvalue weighted by molar-refractivity contribution is 6.31. The summed E-state index contributed by atoms with van der Waals surface area (Å²) in [6, 6.07) is 15.1. The molecule has 6 heteroatoms. The van der Waals surface area contributed by atoms with E-state index < -0.39 is 0 Å². The Morgan fingerprint density at radius 1 is 1.17 bits per heavy atom. The fourth-order valence-corrected chi connectivity index (χ4v) is 2.62. The molecule has 0 saturated heterocycles. The van der Waals surface area contributed by atoms with Gasteiger partial charge < -0.3 is 4.90 Å². The van der Waals surface area contributed by atoms with Crippen LogP contribution in [0.5, 0.6) is 0 Å². The molecule has 3 rings (SSSR count). The molecule has 0 atom stereocenters. The molecule has 1 heterocycles. The molecule has 0 bridgehead atoms. The molecule has 0 saturated carbocycles. The van der Waals surface area contributed by atoms with E-state index in [1.165, 1.54) is 6.33 Å². The Bertz CT molecular complexity index is 815. The molecule has 0 aliphatic carbocycles. The molecule has 24 heavy (non-hydrogen) atoms. The van der Waals surface area contributed by atoms with E-state index in [4.69, 9.17) is 11.6 Å². The highest BCUT2D eigenvalue weighted by atomic mass is 35.5. The van der Waals surface area contributed by atoms with Crippen molar-refractivity contribution in [2.45, 2.75) is 13.1 Å². The van der Waals surface area contributed by atoms with Gasteiger partial charge in [0.25, 0.3) is 5.91 Å². The van der Waals surface area contributed by atoms with Crippen LogP contribution in [0.15, 0.2) is 61.2 Å². The minimum absolute atomic E-state index is 0.0396. The summed E-state index contributed by atoms with van der Waals surface area (Å²) in [5.74, 6) is -0.0396. The van der Waals surface area contributed by atoms with Crippen molar-refractivity contribution in [3.8, 4) is 0 Å². The van der Waals surface area contributed by atoms with Crippen molar-refractivity contribution < 1.29 is 4.79 Å². The summed E-state index contributed by atoms with van der Waals surface area (Å²) in [4.78, 5) is 18.1. The average molecular weight is 341 g/mol. The van der Waals surface area contributed by atoms with Gasteiger partial charge in [-0.2, -0.15) is 5.10 Å². The molecule has 0 spiro atoms. The molecule has 0 N–H and O–H groups in total. The number of amides is 1. The lowest BCUT2D eigenvalue weighted by Gasteiger charge is -2.18. The lowest BCUT2D eigenvalue weighted by Crippen LogP contribution is -2.26. The predicted molar refractivity (Wildman–Crippen MR) is 92.8 cm³/mol. The van der Waals surface area contributed by atoms with Gasteiger partial charge in [0.15, 0.2) is 0 Å². The molecule has 0 aliphatic heterocycles. The van der Waals surface area contributed by atoms with Crippen molar-refractivity contribution in [3.05, 3.63) is 82.9 Å². The topological polar surface area (TPSA) is 51.0 Å². The summed E-state index contributed by atoms with van der Waals surface area (Å²) in [7, 11) is 1.77. The number of aromatic nitrogens is 3. The fraction of sp³-hybridized carbons (Fsp3) is 0.167. The van der Waals surface area contributed by atoms with Crippen LogP contribution in [0.4, 0.5) is 0 Å². The zero-order valence-corrected chi connectivity index (χ0v) is 14.0. The Morgan fingerprint density at radius 2 is 1.92 bits per heavy atom. The van der Waals surface area contributed by atoms with Gasteiger partial charge in [0.1, 0.15) is 12.7 Å². The minimum atomic E-state index is -0.0396. The predicted octanol–water partition coefficient (Wildman–Crippen LogP) is 3.25. The van der Waals surface area contributed by atoms with E-state index in [0.717, 1.165) is 11.1 Å². The quantitative estimate of drug-likeness (QED) is 0.716. The number of carbonyl (C=O) groups excluding carboxylic acids is 1. The first kappa shape index (κ1) is 16.2. The van der Waals surface area contributed by atoms with Crippen molar-refractivity contribution in [1.29, 1.82) is 0 Å². The van der Waals surface area contributed by atoms with Gasteiger partial charge in [0, 0.05) is 24.2 Å². The third-order valence-corrected chi connectivity index (χ3v) is 4.09. The fourth-order valence-electron chi connectivity index (χ4n) is 2.43. The number of hydrogen-bond acceptors (Lipinski definition) is 3. The standard InChI is InChI=1S/C18H17ClN4O/c1-22(11-16-4-2-3-5-17(16)19)18(24)15-8-6-14(7-9-15)10-23-13-20-12-21-23/h2-9,12-13H,10-11H2,1H3. The van der Waals surface area contributed by atoms with E-state index in [-0.39, 0.29) is 5.91 Å². The molecule has 0 unspecified atom stereocenters. The highest BCUT2D eigenvalue weighted by Gasteiger charge is 2.13. The van der Waals surface area contributed by atoms with Gasteiger partial charge in [-0.25, -0.2) is 9.67 Å². The molecule has 1 aromatic heterocycles. The number of nitrogens with zero attached hydrogens (tertiary/aromatic N) is 4. The summed E-state index contributed by atoms with van der Waals surface area (Å²) >= 11 is 6.16. The first-order valence-corrected chi connectivity index (χ1v) is 7.91. The Labute approximate surface area is 145 Å². The van der Waals surface area contributed by atoms with Crippen LogP contribution in [-0.4, -0.2) is 32.6 Å². The smallest absolute Gasteiger partial charge is 0.253 e. The summed E-state index contributed by atoms with van der Waals surface area (Å²) < 4.78 is 1.74. The molecular weight excluding hydrogens is 324 g/mol. The van der Waals surface area contributed by atoms with Crippen LogP contribution in [0.3, 0.4) is 0 Å². The number of halogens is 1. The minimum Gasteiger partial charge on any atom is -0.337 e. The van der Waals surface area contributed by atoms with E-state index in [1.54, 1.807) is 23.0 Å². The highest BCUT2D eigenvalue weighted by Crippen LogP contribution is 2.17. The first-order valence-electron chi connectivity index (χ1n) is 7.54. The van der Waals surface area contributed by atoms with Crippen molar-refractivity contribution in [3.63, 3.8) is 0 Å². The van der Waals surface area contributed by atoms with Crippen LogP contribution in [0.1, 0.15) is 21.5 Å². The molecule has 122 valence electrons. The largest absolute Gasteiger partial charge is 0.337 e. The van der Waals surface area contributed by atoms with Crippen LogP contribution < -0.4 is 0 Å². The maximum atomic E-state index is 12.5. The van der Waals surface area contributed by atoms with Crippen LogP contribution in [0.2, 0.25) is 5.02 Å². The summed E-state index contributed by atoms with van der Waals surface area (Å²) in [6.07, 6.45) is 3.16. The van der Waals surface area contributed by atoms with E-state index in [2.05, 4.69) is 10.1 Å². The maximum absolute atomic E-state index is 12.5. The Balaban J connectivity index is 1.67. The second kappa shape index (κ2) is 7.27. The second-order valence-electron chi connectivity index (χ2n) is 5.54. The lowest BCUT2D eigenvalue weighted by molar-refractivity contribution is 0.0785. The summed E-state index contributed by atoms with van der Waals surface area (Å²) in [5.41, 5.74) is 2.63. The van der Waals surface area contributed by atoms with Crippen LogP contribution >= 0.6 is 11.6 Å². The summed E-state index contributed by atoms with van der Waals surface area (Å²) in [5, 5.41) is 4.74. The number of rotatable bonds is 5. The van der Waals surface area contributed by atoms with Gasteiger partial charge in [-0.15, -0.1) is 0 Å². The van der Waals surface area contributed by atoms with E-state index >= 15 is 0 Å². The lowest BCUT2D eigenvalue weighted by atomic mass is 10.1. The van der Waals surface area contributed by atoms with Crippen LogP contribution in [0, 0.1) is 0 Å². The number of benzene rings is 2. The van der Waals surface area contributed by atoms with Crippen molar-refractivity contribution in [2.75, 3.05) is 7.05 Å². The zero-order valence-electron chi connectivity index (χ0n) is 13.3. The molecule has 0 radical (unpaired) electrons. The number of carbonyl (C=O) groups is 1. The van der Waals surface area contributed by atoms with Gasteiger partial charge in [-0.05, 0) is 29.3 Å². The molecule has 1 amide bonds. The summed E-state index contributed by atoms with van der Waals surface area (Å²) in [6.45, 7) is 1.10. The molecule has 3 aromatic rings. The van der Waals surface area contributed by atoms with Gasteiger partial charge in [-0.1, -0.05) is 41.9 Å². The van der Waals surface area contributed by atoms with Crippen LogP contribution in [-0.2, 0) is 13.1 Å². The van der Waals surface area contributed by atoms with Gasteiger partial charge >= 0.3 is 0 Å². The molecular formula is C18H17ClN4O. The first-order chi connectivity index (χ1) is 11.6. The molecule has 2 aromatic carbocycles. The van der Waals surface area contributed by atoms with E-state index in [9.17, 15) is 4.79 Å². The SMILES string of the molecule is CN(Cc1ccccc1Cl)C(=O)c1ccc(Cn2cncn2)cc1. The second-order valence-corrected chi connectivity index (χ2v) is 5.95. The maximum Gasteiger partial charge on any atom is 0.253 e. The Hall–Kier alpha value is -2.66. The molecule has 5 nitrogen and oxygen atoms in total. The van der Waals surface area contributed by atoms with E-state index in [1.807, 2.05) is 48.5 Å². The van der Waals surface area contributed by atoms with Gasteiger partial charge in [0.05, 0.1) is 6.54 Å². The van der Waals surface area contributed by atoms with Crippen molar-refractivity contribution in [1.82, 2.24) is 19.7 Å². The van der Waals surface area contributed by atoms with Gasteiger partial charge in [0.2, 0.25) is 0 Å². The van der Waals surface area contributed by atoms with Crippen molar-refractivity contribution in [2.24, 2.45) is 0 Å². The molecule has 0 aliphatic rings. The third kappa shape index (κ3) is 3.81. The van der Waals surface area contributed by atoms with E-state index in [0.29, 0.717) is 23.7 Å². The zero-order chi connectivity index (χ0) is 16.9. The molecule has 0 fully saturated rings. The Morgan fingerprint density at radius 3 is 2.58 bits per heavy atom. The van der Waals surface area contributed by atoms with Crippen LogP contribution in [0.25, 0.3) is 0 Å². The average Bonchev–Trinajstić information content (AvgIpc) is 3.10. The normalized spacial score (nSPS) is 10.6. The Kier molecular flexibility index (Phi) is 4.91. The monoisotopic (exact) mass is 340 g/mol. The van der Waals surface area contributed by atoms with Gasteiger partial charge in [-0.3, -0.25) is 4.79 Å². The van der Waals surface area contributed by atoms with Crippen molar-refractivity contribution >= 4 is 17.5 Å². The number of hydrogen-bond donors (Lipinski definition) is 0.